The summed E-state index contributed by atoms with van der Waals surface area (Å²) in [5, 5.41) is 21.4. The number of nitrogens with zero attached hydrogens (tertiary/aromatic N) is 2. The Bertz CT molecular complexity index is 1090. The molecule has 0 unspecified atom stereocenters. The third kappa shape index (κ3) is 4.84. The molecular formula is C22H16Cl2N2O4. The molecule has 0 saturated carbocycles. The van der Waals surface area contributed by atoms with E-state index in [-0.39, 0.29) is 16.8 Å². The molecule has 8 heteroatoms. The van der Waals surface area contributed by atoms with Gasteiger partial charge in [0, 0.05) is 0 Å². The number of nitro benzene ring substituents is 2. The van der Waals surface area contributed by atoms with Gasteiger partial charge in [-0.2, -0.15) is 0 Å². The van der Waals surface area contributed by atoms with Gasteiger partial charge in [-0.1, -0.05) is 66.7 Å². The van der Waals surface area contributed by atoms with Gasteiger partial charge in [-0.3, -0.25) is 20.2 Å². The fourth-order valence-corrected chi connectivity index (χ4v) is 3.60. The maximum absolute atomic E-state index is 11.6. The lowest BCUT2D eigenvalue weighted by Crippen LogP contribution is -2.06. The van der Waals surface area contributed by atoms with Crippen LogP contribution in [0, 0.1) is 20.2 Å². The molecule has 0 N–H and O–H groups in total. The summed E-state index contributed by atoms with van der Waals surface area (Å²) in [6.45, 7) is 0. The molecule has 0 bridgehead atoms. The summed E-state index contributed by atoms with van der Waals surface area (Å²) in [6.07, 6.45) is 3.23. The van der Waals surface area contributed by atoms with Crippen LogP contribution >= 0.6 is 23.2 Å². The molecule has 0 heterocycles. The SMILES string of the molecule is O=[N+]([O-])c1cc([N+](=O)[O-])c([C@@H](Cl)[C@@H](Cl)c2ccccc2)cc1/C=C/c1ccccc1. The zero-order valence-corrected chi connectivity index (χ0v) is 17.0. The van der Waals surface area contributed by atoms with Crippen molar-refractivity contribution >= 4 is 46.7 Å². The van der Waals surface area contributed by atoms with Gasteiger partial charge >= 0.3 is 0 Å². The maximum Gasteiger partial charge on any atom is 0.283 e. The van der Waals surface area contributed by atoms with Crippen molar-refractivity contribution in [3.63, 3.8) is 0 Å². The molecule has 6 nitrogen and oxygen atoms in total. The van der Waals surface area contributed by atoms with E-state index in [0.29, 0.717) is 5.56 Å². The third-order valence-electron chi connectivity index (χ3n) is 4.50. The van der Waals surface area contributed by atoms with Crippen LogP contribution in [0.2, 0.25) is 0 Å². The van der Waals surface area contributed by atoms with Crippen molar-refractivity contribution in [3.8, 4) is 0 Å². The van der Waals surface area contributed by atoms with Crippen molar-refractivity contribution in [1.29, 1.82) is 0 Å². The quantitative estimate of drug-likeness (QED) is 0.171. The first-order chi connectivity index (χ1) is 14.4. The molecule has 30 heavy (non-hydrogen) atoms. The number of nitro groups is 2. The highest BCUT2D eigenvalue weighted by Crippen LogP contribution is 2.44. The van der Waals surface area contributed by atoms with E-state index in [1.54, 1.807) is 30.3 Å². The third-order valence-corrected chi connectivity index (χ3v) is 5.62. The summed E-state index contributed by atoms with van der Waals surface area (Å²) in [5.41, 5.74) is 1.00. The average molecular weight is 443 g/mol. The van der Waals surface area contributed by atoms with Crippen LogP contribution in [-0.2, 0) is 0 Å². The van der Waals surface area contributed by atoms with Gasteiger partial charge in [-0.15, -0.1) is 23.2 Å². The molecule has 0 aliphatic rings. The molecule has 0 amide bonds. The van der Waals surface area contributed by atoms with Gasteiger partial charge in [-0.05, 0) is 23.3 Å². The molecule has 0 spiro atoms. The number of hydrogen-bond donors (Lipinski definition) is 0. The predicted molar refractivity (Wildman–Crippen MR) is 119 cm³/mol. The molecule has 0 aromatic heterocycles. The minimum Gasteiger partial charge on any atom is -0.258 e. The molecule has 0 aliphatic heterocycles. The monoisotopic (exact) mass is 442 g/mol. The molecule has 0 aliphatic carbocycles. The van der Waals surface area contributed by atoms with Crippen LogP contribution in [-0.4, -0.2) is 9.85 Å². The molecule has 3 rings (SSSR count). The zero-order chi connectivity index (χ0) is 21.7. The highest BCUT2D eigenvalue weighted by atomic mass is 35.5. The van der Waals surface area contributed by atoms with Crippen LogP contribution in [0.3, 0.4) is 0 Å². The topological polar surface area (TPSA) is 86.3 Å². The van der Waals surface area contributed by atoms with E-state index in [4.69, 9.17) is 23.2 Å². The molecule has 0 fully saturated rings. The summed E-state index contributed by atoms with van der Waals surface area (Å²) in [5.74, 6) is 0. The number of halogens is 2. The maximum atomic E-state index is 11.6. The van der Waals surface area contributed by atoms with Crippen molar-refractivity contribution in [1.82, 2.24) is 0 Å². The van der Waals surface area contributed by atoms with Crippen LogP contribution in [0.4, 0.5) is 11.4 Å². The minimum atomic E-state index is -0.973. The van der Waals surface area contributed by atoms with E-state index in [1.807, 2.05) is 36.4 Å². The molecule has 0 saturated heterocycles. The Morgan fingerprint density at radius 2 is 1.30 bits per heavy atom. The van der Waals surface area contributed by atoms with Gasteiger partial charge < -0.3 is 0 Å². The summed E-state index contributed by atoms with van der Waals surface area (Å²) >= 11 is 13.0. The van der Waals surface area contributed by atoms with E-state index in [9.17, 15) is 20.2 Å². The van der Waals surface area contributed by atoms with Gasteiger partial charge in [0.05, 0.1) is 37.8 Å². The fraction of sp³-hybridized carbons (Fsp3) is 0.0909. The van der Waals surface area contributed by atoms with E-state index in [0.717, 1.165) is 11.6 Å². The normalized spacial score (nSPS) is 13.1. The molecule has 0 radical (unpaired) electrons. The van der Waals surface area contributed by atoms with Crippen LogP contribution in [0.5, 0.6) is 0 Å². The van der Waals surface area contributed by atoms with E-state index < -0.39 is 26.3 Å². The molecular weight excluding hydrogens is 427 g/mol. The molecule has 152 valence electrons. The fourth-order valence-electron chi connectivity index (χ4n) is 3.00. The first kappa shape index (κ1) is 21.5. The second kappa shape index (κ2) is 9.52. The summed E-state index contributed by atoms with van der Waals surface area (Å²) < 4.78 is 0. The van der Waals surface area contributed by atoms with Gasteiger partial charge in [0.15, 0.2) is 0 Å². The van der Waals surface area contributed by atoms with Crippen molar-refractivity contribution in [3.05, 3.63) is 115 Å². The van der Waals surface area contributed by atoms with Gasteiger partial charge in [-0.25, -0.2) is 0 Å². The first-order valence-corrected chi connectivity index (χ1v) is 9.78. The predicted octanol–water partition coefficient (Wildman–Crippen LogP) is 6.93. The minimum absolute atomic E-state index is 0.115. The van der Waals surface area contributed by atoms with Crippen molar-refractivity contribution < 1.29 is 9.85 Å². The van der Waals surface area contributed by atoms with E-state index in [1.165, 1.54) is 12.1 Å². The Morgan fingerprint density at radius 1 is 0.733 bits per heavy atom. The Labute approximate surface area is 182 Å². The lowest BCUT2D eigenvalue weighted by atomic mass is 9.98. The van der Waals surface area contributed by atoms with Gasteiger partial charge in [0.2, 0.25) is 0 Å². The van der Waals surface area contributed by atoms with Crippen molar-refractivity contribution in [2.45, 2.75) is 10.8 Å². The lowest BCUT2D eigenvalue weighted by molar-refractivity contribution is -0.394. The van der Waals surface area contributed by atoms with Crippen LogP contribution in [0.1, 0.15) is 33.0 Å². The Balaban J connectivity index is 2.10. The van der Waals surface area contributed by atoms with Crippen molar-refractivity contribution in [2.24, 2.45) is 0 Å². The van der Waals surface area contributed by atoms with Gasteiger partial charge in [0.1, 0.15) is 0 Å². The van der Waals surface area contributed by atoms with Gasteiger partial charge in [0.25, 0.3) is 11.4 Å². The van der Waals surface area contributed by atoms with E-state index in [2.05, 4.69) is 0 Å². The van der Waals surface area contributed by atoms with Crippen molar-refractivity contribution in [2.75, 3.05) is 0 Å². The van der Waals surface area contributed by atoms with Crippen LogP contribution in [0.25, 0.3) is 12.2 Å². The second-order valence-corrected chi connectivity index (χ2v) is 7.38. The molecule has 3 aromatic carbocycles. The van der Waals surface area contributed by atoms with Crippen LogP contribution in [0.15, 0.2) is 72.8 Å². The summed E-state index contributed by atoms with van der Waals surface area (Å²) in [4.78, 5) is 21.8. The highest BCUT2D eigenvalue weighted by Gasteiger charge is 2.31. The van der Waals surface area contributed by atoms with Crippen LogP contribution < -0.4 is 0 Å². The number of hydrogen-bond acceptors (Lipinski definition) is 4. The highest BCUT2D eigenvalue weighted by molar-refractivity contribution is 6.30. The zero-order valence-electron chi connectivity index (χ0n) is 15.5. The first-order valence-electron chi connectivity index (χ1n) is 8.91. The Morgan fingerprint density at radius 3 is 1.87 bits per heavy atom. The summed E-state index contributed by atoms with van der Waals surface area (Å²) in [6, 6.07) is 20.4. The Kier molecular flexibility index (Phi) is 6.82. The number of rotatable bonds is 7. The average Bonchev–Trinajstić information content (AvgIpc) is 2.77. The lowest BCUT2D eigenvalue weighted by Gasteiger charge is -2.17. The largest absolute Gasteiger partial charge is 0.283 e. The number of alkyl halides is 2. The Hall–Kier alpha value is -3.22. The standard InChI is InChI=1S/C22H16Cl2N2O4/c23-21(16-9-5-2-6-10-16)22(24)18-13-17(12-11-15-7-3-1-4-8-15)19(25(27)28)14-20(18)26(29)30/h1-14,21-22H/b12-11+/t21-,22+/m0/s1. The second-order valence-electron chi connectivity index (χ2n) is 6.44. The van der Waals surface area contributed by atoms with E-state index >= 15 is 0 Å². The smallest absolute Gasteiger partial charge is 0.258 e. The molecule has 3 aromatic rings. The molecule has 2 atom stereocenters. The number of benzene rings is 3. The summed E-state index contributed by atoms with van der Waals surface area (Å²) in [7, 11) is 0.